The summed E-state index contributed by atoms with van der Waals surface area (Å²) in [5.41, 5.74) is 1.52. The van der Waals surface area contributed by atoms with Crippen molar-refractivity contribution >= 4 is 22.7 Å². The van der Waals surface area contributed by atoms with Gasteiger partial charge in [0, 0.05) is 30.4 Å². The number of nitrogens with one attached hydrogen (secondary N) is 3. The first-order valence-electron chi connectivity index (χ1n) is 8.11. The molecule has 6 heteroatoms. The number of aromatic nitrogens is 2. The van der Waals surface area contributed by atoms with E-state index in [1.165, 1.54) is 0 Å². The van der Waals surface area contributed by atoms with E-state index in [4.69, 9.17) is 4.74 Å². The van der Waals surface area contributed by atoms with Gasteiger partial charge in [0.05, 0.1) is 5.69 Å². The van der Waals surface area contributed by atoms with E-state index in [2.05, 4.69) is 20.6 Å². The number of hydrogen-bond acceptors (Lipinski definition) is 5. The average Bonchev–Trinajstić information content (AvgIpc) is 2.95. The molecule has 0 amide bonds. The Labute approximate surface area is 136 Å². The summed E-state index contributed by atoms with van der Waals surface area (Å²) in [6, 6.07) is 2.24. The van der Waals surface area contributed by atoms with E-state index in [1.807, 2.05) is 33.0 Å². The lowest BCUT2D eigenvalue weighted by Crippen LogP contribution is -2.39. The van der Waals surface area contributed by atoms with Crippen LogP contribution in [0.1, 0.15) is 44.0 Å². The van der Waals surface area contributed by atoms with Gasteiger partial charge in [-0.15, -0.1) is 0 Å². The minimum absolute atomic E-state index is 0.297. The van der Waals surface area contributed by atoms with Crippen molar-refractivity contribution in [1.29, 1.82) is 0 Å². The molecule has 3 N–H and O–H groups in total. The zero-order valence-electron chi connectivity index (χ0n) is 13.9. The zero-order valence-corrected chi connectivity index (χ0v) is 13.9. The maximum Gasteiger partial charge on any atom is 0.342 e. The van der Waals surface area contributed by atoms with Crippen molar-refractivity contribution in [2.45, 2.75) is 45.3 Å². The fourth-order valence-corrected chi connectivity index (χ4v) is 2.83. The largest absolute Gasteiger partial charge is 0.456 e. The maximum absolute atomic E-state index is 12.6. The standard InChI is InChI=1S/C17H24N4O2/c1-17(2,3)23-16(22)13-10-20-15-12(6-8-19-15)14(13)21-11-5-4-7-18-9-11/h6,8,10-11,18H,4-5,7,9H2,1-3H3,(H2,19,20,21)/t11-/m1/s1. The molecule has 23 heavy (non-hydrogen) atoms. The minimum atomic E-state index is -0.534. The van der Waals surface area contributed by atoms with Gasteiger partial charge < -0.3 is 20.4 Å². The van der Waals surface area contributed by atoms with Crippen LogP contribution in [0.5, 0.6) is 0 Å². The quantitative estimate of drug-likeness (QED) is 0.759. The summed E-state index contributed by atoms with van der Waals surface area (Å²) < 4.78 is 5.53. The van der Waals surface area contributed by atoms with Crippen molar-refractivity contribution < 1.29 is 9.53 Å². The predicted molar refractivity (Wildman–Crippen MR) is 90.8 cm³/mol. The topological polar surface area (TPSA) is 79.0 Å². The second-order valence-electron chi connectivity index (χ2n) is 6.98. The molecule has 0 aromatic carbocycles. The highest BCUT2D eigenvalue weighted by Gasteiger charge is 2.24. The van der Waals surface area contributed by atoms with Gasteiger partial charge in [-0.25, -0.2) is 9.78 Å². The molecule has 2 aromatic rings. The minimum Gasteiger partial charge on any atom is -0.456 e. The number of fused-ring (bicyclic) bond motifs is 1. The summed E-state index contributed by atoms with van der Waals surface area (Å²) in [5.74, 6) is -0.348. The number of pyridine rings is 1. The molecular formula is C17H24N4O2. The van der Waals surface area contributed by atoms with Gasteiger partial charge in [0.15, 0.2) is 0 Å². The molecule has 1 fully saturated rings. The average molecular weight is 316 g/mol. The Kier molecular flexibility index (Phi) is 4.26. The van der Waals surface area contributed by atoms with Crippen molar-refractivity contribution in [3.05, 3.63) is 24.0 Å². The molecule has 124 valence electrons. The third kappa shape index (κ3) is 3.64. The van der Waals surface area contributed by atoms with Crippen molar-refractivity contribution in [2.75, 3.05) is 18.4 Å². The van der Waals surface area contributed by atoms with Crippen LogP contribution in [-0.4, -0.2) is 40.7 Å². The van der Waals surface area contributed by atoms with Crippen molar-refractivity contribution in [2.24, 2.45) is 0 Å². The van der Waals surface area contributed by atoms with Gasteiger partial charge >= 0.3 is 5.97 Å². The number of piperidine rings is 1. The van der Waals surface area contributed by atoms with E-state index in [1.54, 1.807) is 6.20 Å². The zero-order chi connectivity index (χ0) is 16.4. The molecule has 0 radical (unpaired) electrons. The van der Waals surface area contributed by atoms with E-state index in [9.17, 15) is 4.79 Å². The van der Waals surface area contributed by atoms with Crippen LogP contribution in [-0.2, 0) is 4.74 Å². The van der Waals surface area contributed by atoms with Gasteiger partial charge in [0.25, 0.3) is 0 Å². The summed E-state index contributed by atoms with van der Waals surface area (Å²) in [7, 11) is 0. The molecule has 0 unspecified atom stereocenters. The second kappa shape index (κ2) is 6.20. The number of carbonyl (C=O) groups is 1. The Hall–Kier alpha value is -2.08. The molecular weight excluding hydrogens is 292 g/mol. The Morgan fingerprint density at radius 1 is 1.43 bits per heavy atom. The number of esters is 1. The number of anilines is 1. The van der Waals surface area contributed by atoms with Crippen LogP contribution >= 0.6 is 0 Å². The molecule has 1 saturated heterocycles. The van der Waals surface area contributed by atoms with Gasteiger partial charge in [0.1, 0.15) is 16.8 Å². The number of hydrogen-bond donors (Lipinski definition) is 3. The molecule has 1 aliphatic heterocycles. The first kappa shape index (κ1) is 15.8. The van der Waals surface area contributed by atoms with Crippen molar-refractivity contribution in [1.82, 2.24) is 15.3 Å². The van der Waals surface area contributed by atoms with Gasteiger partial charge in [-0.2, -0.15) is 0 Å². The summed E-state index contributed by atoms with van der Waals surface area (Å²) in [4.78, 5) is 20.0. The van der Waals surface area contributed by atoms with Crippen LogP contribution in [0, 0.1) is 0 Å². The van der Waals surface area contributed by atoms with E-state index in [0.717, 1.165) is 42.7 Å². The highest BCUT2D eigenvalue weighted by atomic mass is 16.6. The summed E-state index contributed by atoms with van der Waals surface area (Å²) in [6.45, 7) is 7.54. The molecule has 0 aliphatic carbocycles. The molecule has 6 nitrogen and oxygen atoms in total. The number of carbonyl (C=O) groups excluding carboxylic acids is 1. The van der Waals surface area contributed by atoms with Crippen LogP contribution in [0.15, 0.2) is 18.5 Å². The van der Waals surface area contributed by atoms with Gasteiger partial charge in [-0.1, -0.05) is 0 Å². The molecule has 3 rings (SSSR count). The van der Waals surface area contributed by atoms with Crippen molar-refractivity contribution in [3.63, 3.8) is 0 Å². The maximum atomic E-state index is 12.6. The second-order valence-corrected chi connectivity index (χ2v) is 6.98. The monoisotopic (exact) mass is 316 g/mol. The summed E-state index contributed by atoms with van der Waals surface area (Å²) in [6.07, 6.45) is 5.63. The predicted octanol–water partition coefficient (Wildman–Crippen LogP) is 2.68. The van der Waals surface area contributed by atoms with E-state index < -0.39 is 5.60 Å². The Morgan fingerprint density at radius 3 is 2.96 bits per heavy atom. The number of rotatable bonds is 3. The number of aromatic amines is 1. The Balaban J connectivity index is 1.95. The number of H-pyrrole nitrogens is 1. The SMILES string of the molecule is CC(C)(C)OC(=O)c1cnc2[nH]ccc2c1N[C@@H]1CCCNC1. The molecule has 2 aromatic heterocycles. The van der Waals surface area contributed by atoms with Gasteiger partial charge in [0.2, 0.25) is 0 Å². The highest BCUT2D eigenvalue weighted by molar-refractivity contribution is 6.04. The first-order valence-corrected chi connectivity index (χ1v) is 8.11. The lowest BCUT2D eigenvalue weighted by atomic mass is 10.1. The number of ether oxygens (including phenoxy) is 1. The van der Waals surface area contributed by atoms with Gasteiger partial charge in [-0.3, -0.25) is 0 Å². The third-order valence-corrected chi connectivity index (χ3v) is 3.85. The first-order chi connectivity index (χ1) is 10.9. The van der Waals surface area contributed by atoms with Crippen molar-refractivity contribution in [3.8, 4) is 0 Å². The third-order valence-electron chi connectivity index (χ3n) is 3.85. The Morgan fingerprint density at radius 2 is 2.26 bits per heavy atom. The van der Waals surface area contributed by atoms with Crippen LogP contribution in [0.2, 0.25) is 0 Å². The normalized spacial score (nSPS) is 18.8. The van der Waals surface area contributed by atoms with Crippen LogP contribution in [0.25, 0.3) is 11.0 Å². The molecule has 0 saturated carbocycles. The summed E-state index contributed by atoms with van der Waals surface area (Å²) in [5, 5.41) is 7.82. The lowest BCUT2D eigenvalue weighted by Gasteiger charge is -2.26. The van der Waals surface area contributed by atoms with Crippen LogP contribution in [0.3, 0.4) is 0 Å². The number of nitrogens with zero attached hydrogens (tertiary/aromatic N) is 1. The van der Waals surface area contributed by atoms with E-state index >= 15 is 0 Å². The summed E-state index contributed by atoms with van der Waals surface area (Å²) >= 11 is 0. The molecule has 0 spiro atoms. The van der Waals surface area contributed by atoms with E-state index in [-0.39, 0.29) is 5.97 Å². The molecule has 1 atom stereocenters. The highest BCUT2D eigenvalue weighted by Crippen LogP contribution is 2.28. The molecule has 1 aliphatic rings. The smallest absolute Gasteiger partial charge is 0.342 e. The van der Waals surface area contributed by atoms with Crippen LogP contribution in [0.4, 0.5) is 5.69 Å². The Bertz CT molecular complexity index is 696. The lowest BCUT2D eigenvalue weighted by molar-refractivity contribution is 0.00704. The van der Waals surface area contributed by atoms with Crippen LogP contribution < -0.4 is 10.6 Å². The molecule has 3 heterocycles. The van der Waals surface area contributed by atoms with E-state index in [0.29, 0.717) is 11.6 Å². The molecule has 0 bridgehead atoms. The van der Waals surface area contributed by atoms with Gasteiger partial charge in [-0.05, 0) is 46.2 Å². The fourth-order valence-electron chi connectivity index (χ4n) is 2.83. The fraction of sp³-hybridized carbons (Fsp3) is 0.529.